The Morgan fingerprint density at radius 3 is 2.29 bits per heavy atom. The number of rotatable bonds is 9. The van der Waals surface area contributed by atoms with E-state index < -0.39 is 17.8 Å². The second-order valence-electron chi connectivity index (χ2n) is 8.49. The van der Waals surface area contributed by atoms with Crippen LogP contribution in [0.5, 0.6) is 5.75 Å². The van der Waals surface area contributed by atoms with Crippen LogP contribution in [0.3, 0.4) is 0 Å². The zero-order valence-electron chi connectivity index (χ0n) is 18.2. The van der Waals surface area contributed by atoms with Gasteiger partial charge in [0, 0.05) is 19.5 Å². The van der Waals surface area contributed by atoms with Crippen molar-refractivity contribution in [1.82, 2.24) is 4.90 Å². The van der Waals surface area contributed by atoms with Crippen molar-refractivity contribution >= 4 is 6.09 Å². The smallest absolute Gasteiger partial charge is 0.416 e. The molecular formula is C22H33F3N2O4. The maximum absolute atomic E-state index is 12.6. The maximum atomic E-state index is 12.6. The van der Waals surface area contributed by atoms with Crippen LogP contribution < -0.4 is 4.74 Å². The number of halogens is 3. The first kappa shape index (κ1) is 25.4. The molecule has 6 nitrogen and oxygen atoms in total. The summed E-state index contributed by atoms with van der Waals surface area (Å²) < 4.78 is 42.6. The van der Waals surface area contributed by atoms with E-state index in [-0.39, 0.29) is 23.5 Å². The highest BCUT2D eigenvalue weighted by Gasteiger charge is 2.30. The molecule has 1 amide bonds. The van der Waals surface area contributed by atoms with Gasteiger partial charge in [-0.1, -0.05) is 0 Å². The topological polar surface area (TPSA) is 72.8 Å². The van der Waals surface area contributed by atoms with Crippen LogP contribution >= 0.6 is 0 Å². The summed E-state index contributed by atoms with van der Waals surface area (Å²) in [6.07, 6.45) is -0.288. The van der Waals surface area contributed by atoms with Crippen molar-refractivity contribution in [2.75, 3.05) is 39.8 Å². The van der Waals surface area contributed by atoms with Crippen molar-refractivity contribution < 1.29 is 32.5 Å². The summed E-state index contributed by atoms with van der Waals surface area (Å²) in [4.78, 5) is 13.6. The van der Waals surface area contributed by atoms with Gasteiger partial charge < -0.3 is 24.6 Å². The predicted molar refractivity (Wildman–Crippen MR) is 111 cm³/mol. The number of hydrogen-bond acceptors (Lipinski definition) is 4. The van der Waals surface area contributed by atoms with Crippen LogP contribution in [0.2, 0.25) is 0 Å². The van der Waals surface area contributed by atoms with Gasteiger partial charge in [-0.25, -0.2) is 4.79 Å². The molecule has 31 heavy (non-hydrogen) atoms. The Hall–Kier alpha value is -1.84. The molecule has 0 aromatic heterocycles. The lowest BCUT2D eigenvalue weighted by molar-refractivity contribution is -0.882. The molecule has 1 unspecified atom stereocenters. The number of benzene rings is 1. The number of carbonyl (C=O) groups is 1. The predicted octanol–water partition coefficient (Wildman–Crippen LogP) is 4.66. The van der Waals surface area contributed by atoms with Crippen molar-refractivity contribution in [3.63, 3.8) is 0 Å². The minimum absolute atomic E-state index is 0.0726. The van der Waals surface area contributed by atoms with E-state index >= 15 is 0 Å². The summed E-state index contributed by atoms with van der Waals surface area (Å²) in [5.41, 5.74) is -0.792. The zero-order valence-corrected chi connectivity index (χ0v) is 18.2. The Labute approximate surface area is 181 Å². The fourth-order valence-corrected chi connectivity index (χ4v) is 4.09. The third-order valence-electron chi connectivity index (χ3n) is 6.21. The van der Waals surface area contributed by atoms with Gasteiger partial charge in [0.1, 0.15) is 12.3 Å². The largest absolute Gasteiger partial charge is 0.633 e. The summed E-state index contributed by atoms with van der Waals surface area (Å²) in [5, 5.41) is 21.7. The highest BCUT2D eigenvalue weighted by atomic mass is 19.4. The van der Waals surface area contributed by atoms with Crippen molar-refractivity contribution in [3.8, 4) is 5.75 Å². The lowest BCUT2D eigenvalue weighted by atomic mass is 9.80. The quantitative estimate of drug-likeness (QED) is 0.442. The number of likely N-dealkylation sites (N-methyl/N-ethyl adjacent to an activating group) is 1. The number of carbonyl (C=O) groups excluding carboxylic acids is 1. The molecule has 2 rings (SSSR count). The number of quaternary nitrogens is 1. The van der Waals surface area contributed by atoms with E-state index in [1.54, 1.807) is 7.05 Å². The zero-order chi connectivity index (χ0) is 23.1. The molecule has 1 atom stereocenters. The highest BCUT2D eigenvalue weighted by Crippen LogP contribution is 2.33. The van der Waals surface area contributed by atoms with Crippen molar-refractivity contribution in [3.05, 3.63) is 35.0 Å². The fourth-order valence-electron chi connectivity index (χ4n) is 4.09. The van der Waals surface area contributed by atoms with E-state index in [1.165, 1.54) is 4.90 Å². The molecule has 0 radical (unpaired) electrons. The average Bonchev–Trinajstić information content (AvgIpc) is 2.73. The lowest BCUT2D eigenvalue weighted by Gasteiger charge is -2.45. The van der Waals surface area contributed by atoms with Gasteiger partial charge in [0.2, 0.25) is 0 Å². The normalized spacial score (nSPS) is 21.4. The Morgan fingerprint density at radius 2 is 1.77 bits per heavy atom. The first-order valence-corrected chi connectivity index (χ1v) is 10.8. The van der Waals surface area contributed by atoms with E-state index in [4.69, 9.17) is 9.84 Å². The summed E-state index contributed by atoms with van der Waals surface area (Å²) in [6, 6.07) is 4.04. The van der Waals surface area contributed by atoms with E-state index in [2.05, 4.69) is 0 Å². The lowest BCUT2D eigenvalue weighted by Crippen LogP contribution is -2.47. The Balaban J connectivity index is 1.73. The van der Waals surface area contributed by atoms with Gasteiger partial charge >= 0.3 is 12.3 Å². The van der Waals surface area contributed by atoms with Gasteiger partial charge in [-0.05, 0) is 69.2 Å². The molecule has 1 saturated carbocycles. The molecule has 1 fully saturated rings. The van der Waals surface area contributed by atoms with Crippen LogP contribution in [0.4, 0.5) is 18.0 Å². The summed E-state index contributed by atoms with van der Waals surface area (Å²) >= 11 is 0. The van der Waals surface area contributed by atoms with Crippen LogP contribution in [0.25, 0.3) is 0 Å². The number of alkyl halides is 3. The number of aliphatic hydroxyl groups is 1. The van der Waals surface area contributed by atoms with Gasteiger partial charge in [0.25, 0.3) is 0 Å². The number of amides is 1. The molecule has 0 heterocycles. The third-order valence-corrected chi connectivity index (χ3v) is 6.21. The third kappa shape index (κ3) is 7.97. The number of hydroxylamine groups is 3. The van der Waals surface area contributed by atoms with E-state index in [0.717, 1.165) is 56.4 Å². The molecule has 9 heteroatoms. The van der Waals surface area contributed by atoms with Gasteiger partial charge in [-0.2, -0.15) is 13.2 Å². The average molecular weight is 447 g/mol. The highest BCUT2D eigenvalue weighted by molar-refractivity contribution is 5.70. The minimum atomic E-state index is -4.43. The molecule has 0 bridgehead atoms. The van der Waals surface area contributed by atoms with Crippen LogP contribution in [0, 0.1) is 17.0 Å². The van der Waals surface area contributed by atoms with Crippen LogP contribution in [-0.4, -0.2) is 60.6 Å². The number of ether oxygens (including phenoxy) is 1. The summed E-state index contributed by atoms with van der Waals surface area (Å²) in [7, 11) is 1.61. The van der Waals surface area contributed by atoms with E-state index in [0.29, 0.717) is 31.5 Å². The van der Waals surface area contributed by atoms with Gasteiger partial charge in [-0.3, -0.25) is 0 Å². The summed E-state index contributed by atoms with van der Waals surface area (Å²) in [5.74, 6) is 0.900. The Bertz CT molecular complexity index is 691. The molecule has 176 valence electrons. The second kappa shape index (κ2) is 11.2. The van der Waals surface area contributed by atoms with E-state index in [1.807, 2.05) is 6.92 Å². The van der Waals surface area contributed by atoms with Crippen molar-refractivity contribution in [1.29, 1.82) is 0 Å². The fraction of sp³-hybridized carbons (Fsp3) is 0.682. The number of hydrogen-bond donors (Lipinski definition) is 1. The Morgan fingerprint density at radius 1 is 1.19 bits per heavy atom. The molecule has 1 aromatic carbocycles. The molecule has 1 aliphatic carbocycles. The molecule has 1 N–H and O–H groups in total. The van der Waals surface area contributed by atoms with E-state index in [9.17, 15) is 23.2 Å². The molecule has 1 aliphatic rings. The second-order valence-corrected chi connectivity index (χ2v) is 8.49. The molecular weight excluding hydrogens is 413 g/mol. The minimum Gasteiger partial charge on any atom is -0.633 e. The monoisotopic (exact) mass is 446 g/mol. The molecule has 0 spiro atoms. The van der Waals surface area contributed by atoms with Crippen LogP contribution in [-0.2, 0) is 6.18 Å². The standard InChI is InChI=1S/C22H33F3N2O4/c1-3-27(30,14-15-28)16-18-6-4-17(5-7-18)12-13-26(2)21(29)31-20-10-8-19(9-11-20)22(23,24)25/h8-11,17-18,28H,3-7,12-16H2,1-2H3. The first-order valence-electron chi connectivity index (χ1n) is 10.8. The summed E-state index contributed by atoms with van der Waals surface area (Å²) in [6.45, 7) is 3.50. The van der Waals surface area contributed by atoms with Crippen LogP contribution in [0.1, 0.15) is 44.6 Å². The first-order chi connectivity index (χ1) is 14.6. The SMILES string of the molecule is CC[N+]([O-])(CCO)CC1CCC(CCN(C)C(=O)Oc2ccc(C(F)(F)F)cc2)CC1. The maximum Gasteiger partial charge on any atom is 0.416 e. The van der Waals surface area contributed by atoms with Gasteiger partial charge in [0.05, 0.1) is 25.3 Å². The number of aliphatic hydroxyl groups excluding tert-OH is 1. The van der Waals surface area contributed by atoms with Gasteiger partial charge in [-0.15, -0.1) is 0 Å². The van der Waals surface area contributed by atoms with Crippen molar-refractivity contribution in [2.45, 2.75) is 45.2 Å². The molecule has 0 aliphatic heterocycles. The number of nitrogens with zero attached hydrogens (tertiary/aromatic N) is 2. The molecule has 1 aromatic rings. The molecule has 0 saturated heterocycles. The Kier molecular flexibility index (Phi) is 9.14. The van der Waals surface area contributed by atoms with Crippen LogP contribution in [0.15, 0.2) is 24.3 Å². The van der Waals surface area contributed by atoms with Crippen molar-refractivity contribution in [2.24, 2.45) is 11.8 Å². The van der Waals surface area contributed by atoms with Gasteiger partial charge in [0.15, 0.2) is 0 Å².